The zero-order chi connectivity index (χ0) is 19.0. The first-order valence-corrected chi connectivity index (χ1v) is 8.64. The van der Waals surface area contributed by atoms with Gasteiger partial charge in [0.1, 0.15) is 23.3 Å². The van der Waals surface area contributed by atoms with Gasteiger partial charge in [0.25, 0.3) is 0 Å². The molecule has 1 atom stereocenters. The van der Waals surface area contributed by atoms with Gasteiger partial charge in [0, 0.05) is 24.7 Å². The normalized spacial score (nSPS) is 16.4. The molecule has 0 radical (unpaired) electrons. The van der Waals surface area contributed by atoms with Crippen LogP contribution in [-0.2, 0) is 4.79 Å². The molecule has 2 N–H and O–H groups in total. The van der Waals surface area contributed by atoms with E-state index in [1.165, 1.54) is 6.33 Å². The summed E-state index contributed by atoms with van der Waals surface area (Å²) in [5.41, 5.74) is 9.50. The zero-order valence-corrected chi connectivity index (χ0v) is 15.1. The van der Waals surface area contributed by atoms with Gasteiger partial charge in [0.2, 0.25) is 5.91 Å². The molecule has 4 rings (SSSR count). The lowest BCUT2D eigenvalue weighted by Crippen LogP contribution is -2.21. The van der Waals surface area contributed by atoms with Gasteiger partial charge >= 0.3 is 0 Å². The maximum atomic E-state index is 12.0. The summed E-state index contributed by atoms with van der Waals surface area (Å²) in [6.45, 7) is 2.62. The lowest BCUT2D eigenvalue weighted by atomic mass is 10.1. The highest BCUT2D eigenvalue weighted by atomic mass is 16.2. The highest BCUT2D eigenvalue weighted by molar-refractivity contribution is 5.86. The predicted molar refractivity (Wildman–Crippen MR) is 102 cm³/mol. The van der Waals surface area contributed by atoms with Gasteiger partial charge in [-0.15, -0.1) is 0 Å². The van der Waals surface area contributed by atoms with Crippen molar-refractivity contribution in [2.75, 3.05) is 19.3 Å². The maximum absolute atomic E-state index is 12.0. The van der Waals surface area contributed by atoms with Crippen molar-refractivity contribution >= 4 is 22.8 Å². The first kappa shape index (κ1) is 16.9. The molecule has 1 aliphatic heterocycles. The van der Waals surface area contributed by atoms with Gasteiger partial charge in [-0.2, -0.15) is 0 Å². The van der Waals surface area contributed by atoms with Crippen molar-refractivity contribution in [2.45, 2.75) is 13.3 Å². The summed E-state index contributed by atoms with van der Waals surface area (Å²) in [4.78, 5) is 31.0. The van der Waals surface area contributed by atoms with Crippen LogP contribution in [0.3, 0.4) is 0 Å². The molecule has 1 saturated heterocycles. The van der Waals surface area contributed by atoms with E-state index in [0.29, 0.717) is 22.7 Å². The van der Waals surface area contributed by atoms with E-state index in [2.05, 4.69) is 31.8 Å². The van der Waals surface area contributed by atoms with E-state index in [-0.39, 0.29) is 11.8 Å². The summed E-state index contributed by atoms with van der Waals surface area (Å²) in [7, 11) is 1.81. The zero-order valence-electron chi connectivity index (χ0n) is 15.1. The van der Waals surface area contributed by atoms with Gasteiger partial charge in [-0.3, -0.25) is 4.79 Å². The minimum absolute atomic E-state index is 0.0858. The third-order valence-corrected chi connectivity index (χ3v) is 4.62. The molecule has 0 spiro atoms. The number of anilines is 1. The largest absolute Gasteiger partial charge is 0.382 e. The summed E-state index contributed by atoms with van der Waals surface area (Å²) in [6, 6.07) is 7.64. The molecule has 1 amide bonds. The number of likely N-dealkylation sites (tertiary alicyclic amines) is 1. The van der Waals surface area contributed by atoms with Gasteiger partial charge in [-0.25, -0.2) is 19.9 Å². The van der Waals surface area contributed by atoms with E-state index in [1.54, 1.807) is 11.9 Å². The van der Waals surface area contributed by atoms with Crippen molar-refractivity contribution in [1.29, 1.82) is 0 Å². The van der Waals surface area contributed by atoms with Crippen LogP contribution in [0.2, 0.25) is 0 Å². The number of carbonyl (C=O) groups is 1. The molecule has 3 heterocycles. The summed E-state index contributed by atoms with van der Waals surface area (Å²) in [5, 5.41) is 0. The molecule has 1 aromatic carbocycles. The Morgan fingerprint density at radius 1 is 1.22 bits per heavy atom. The predicted octanol–water partition coefficient (Wildman–Crippen LogP) is 1.81. The van der Waals surface area contributed by atoms with Crippen LogP contribution in [0.15, 0.2) is 30.6 Å². The molecule has 134 valence electrons. The number of aryl methyl sites for hydroxylation is 1. The number of fused-ring (bicyclic) bond motifs is 1. The number of nitrogen functional groups attached to an aromatic ring is 1. The third kappa shape index (κ3) is 3.17. The second-order valence-corrected chi connectivity index (χ2v) is 6.54. The van der Waals surface area contributed by atoms with E-state index < -0.39 is 0 Å². The summed E-state index contributed by atoms with van der Waals surface area (Å²) in [6.07, 6.45) is 2.18. The van der Waals surface area contributed by atoms with E-state index in [4.69, 9.17) is 5.73 Å². The van der Waals surface area contributed by atoms with Gasteiger partial charge in [0.05, 0.1) is 5.69 Å². The highest BCUT2D eigenvalue weighted by Crippen LogP contribution is 2.23. The van der Waals surface area contributed by atoms with E-state index >= 15 is 0 Å². The minimum atomic E-state index is -0.227. The second kappa shape index (κ2) is 6.65. The van der Waals surface area contributed by atoms with Crippen molar-refractivity contribution in [3.8, 4) is 23.2 Å². The molecule has 0 bridgehead atoms. The highest BCUT2D eigenvalue weighted by Gasteiger charge is 2.27. The Labute approximate surface area is 156 Å². The molecule has 7 heteroatoms. The van der Waals surface area contributed by atoms with E-state index in [9.17, 15) is 4.79 Å². The summed E-state index contributed by atoms with van der Waals surface area (Å²) < 4.78 is 0. The molecule has 27 heavy (non-hydrogen) atoms. The maximum Gasteiger partial charge on any atom is 0.237 e. The van der Waals surface area contributed by atoms with Crippen LogP contribution >= 0.6 is 0 Å². The second-order valence-electron chi connectivity index (χ2n) is 6.54. The molecule has 0 aliphatic carbocycles. The Bertz CT molecular complexity index is 1110. The van der Waals surface area contributed by atoms with Crippen LogP contribution in [-0.4, -0.2) is 44.3 Å². The fraction of sp³-hybridized carbons (Fsp3) is 0.250. The molecule has 0 unspecified atom stereocenters. The fourth-order valence-corrected chi connectivity index (χ4v) is 3.10. The monoisotopic (exact) mass is 358 g/mol. The Morgan fingerprint density at radius 2 is 2.07 bits per heavy atom. The molecular formula is C20H18N6O. The smallest absolute Gasteiger partial charge is 0.237 e. The number of rotatable bonds is 1. The Morgan fingerprint density at radius 3 is 2.85 bits per heavy atom. The number of aromatic nitrogens is 4. The molecule has 3 aromatic rings. The lowest BCUT2D eigenvalue weighted by Gasteiger charge is -2.07. The average molecular weight is 358 g/mol. The van der Waals surface area contributed by atoms with Crippen LogP contribution in [0.1, 0.15) is 17.7 Å². The Hall–Kier alpha value is -3.53. The van der Waals surface area contributed by atoms with Gasteiger partial charge < -0.3 is 10.6 Å². The number of hydrogen-bond acceptors (Lipinski definition) is 6. The lowest BCUT2D eigenvalue weighted by molar-refractivity contribution is -0.128. The van der Waals surface area contributed by atoms with Crippen LogP contribution < -0.4 is 5.73 Å². The number of nitrogens with zero attached hydrogens (tertiary/aromatic N) is 5. The first-order valence-electron chi connectivity index (χ1n) is 8.64. The SMILES string of the molecule is Cc1nc(-c2cccc(C#C[C@H]3CCN(C)C3=O)c2)nc2c(N)ncnc12. The van der Waals surface area contributed by atoms with Crippen LogP contribution in [0.5, 0.6) is 0 Å². The van der Waals surface area contributed by atoms with Crippen molar-refractivity contribution < 1.29 is 4.79 Å². The van der Waals surface area contributed by atoms with E-state index in [0.717, 1.165) is 29.8 Å². The molecule has 2 aromatic heterocycles. The van der Waals surface area contributed by atoms with Gasteiger partial charge in [0.15, 0.2) is 11.6 Å². The molecular weight excluding hydrogens is 340 g/mol. The molecule has 7 nitrogen and oxygen atoms in total. The fourth-order valence-electron chi connectivity index (χ4n) is 3.10. The van der Waals surface area contributed by atoms with Crippen molar-refractivity contribution in [1.82, 2.24) is 24.8 Å². The first-order chi connectivity index (χ1) is 13.0. The van der Waals surface area contributed by atoms with Crippen molar-refractivity contribution in [3.05, 3.63) is 41.9 Å². The summed E-state index contributed by atoms with van der Waals surface area (Å²) in [5.74, 6) is 6.92. The van der Waals surface area contributed by atoms with Crippen LogP contribution in [0.25, 0.3) is 22.4 Å². The third-order valence-electron chi connectivity index (χ3n) is 4.62. The van der Waals surface area contributed by atoms with Crippen LogP contribution in [0, 0.1) is 24.7 Å². The average Bonchev–Trinajstić information content (AvgIpc) is 2.99. The topological polar surface area (TPSA) is 97.9 Å². The van der Waals surface area contributed by atoms with Gasteiger partial charge in [-0.1, -0.05) is 24.0 Å². The van der Waals surface area contributed by atoms with Crippen molar-refractivity contribution in [3.63, 3.8) is 0 Å². The Balaban J connectivity index is 1.70. The number of nitrogens with two attached hydrogens (primary N) is 1. The van der Waals surface area contributed by atoms with Gasteiger partial charge in [-0.05, 0) is 25.5 Å². The number of benzene rings is 1. The number of carbonyl (C=O) groups excluding carboxylic acids is 1. The minimum Gasteiger partial charge on any atom is -0.382 e. The molecule has 0 saturated carbocycles. The quantitative estimate of drug-likeness (QED) is 0.666. The molecule has 1 fully saturated rings. The van der Waals surface area contributed by atoms with E-state index in [1.807, 2.05) is 31.2 Å². The Kier molecular flexibility index (Phi) is 4.16. The molecule has 1 aliphatic rings. The number of hydrogen-bond donors (Lipinski definition) is 1. The van der Waals surface area contributed by atoms with Crippen molar-refractivity contribution in [2.24, 2.45) is 5.92 Å². The standard InChI is InChI=1S/C20H18N6O/c1-12-16-17(18(21)23-11-22-16)25-19(24-12)15-5-3-4-13(10-15)6-7-14-8-9-26(2)20(14)27/h3-5,10-11,14H,8-9H2,1-2H3,(H2,21,22,23)/t14-/m0/s1. The summed E-state index contributed by atoms with van der Waals surface area (Å²) >= 11 is 0. The van der Waals surface area contributed by atoms with Crippen LogP contribution in [0.4, 0.5) is 5.82 Å². The number of amides is 1.